The largest absolute Gasteiger partial charge is 0.436 e. The second kappa shape index (κ2) is 8.24. The first-order chi connectivity index (χ1) is 13.1. The topological polar surface area (TPSA) is 59.2 Å². The molecule has 0 aliphatic carbocycles. The first kappa shape index (κ1) is 20.8. The molecule has 2 aromatic rings. The summed E-state index contributed by atoms with van der Waals surface area (Å²) in [7, 11) is 1.87. The van der Waals surface area contributed by atoms with E-state index in [1.807, 2.05) is 19.4 Å². The Balaban J connectivity index is 1.50. The lowest BCUT2D eigenvalue weighted by Gasteiger charge is -2.34. The van der Waals surface area contributed by atoms with Crippen LogP contribution in [0.2, 0.25) is 0 Å². The van der Waals surface area contributed by atoms with Gasteiger partial charge in [0.2, 0.25) is 5.91 Å². The molecule has 1 saturated heterocycles. The number of carbonyl (C=O) groups excluding carboxylic acids is 1. The van der Waals surface area contributed by atoms with Crippen LogP contribution in [0.4, 0.5) is 13.2 Å². The van der Waals surface area contributed by atoms with Crippen LogP contribution in [0.5, 0.6) is 0 Å². The third kappa shape index (κ3) is 4.75. The normalized spacial score (nSPS) is 16.0. The molecule has 3 rings (SSSR count). The van der Waals surface area contributed by atoms with Crippen LogP contribution in [0.3, 0.4) is 0 Å². The molecule has 0 N–H and O–H groups in total. The summed E-state index contributed by atoms with van der Waals surface area (Å²) in [6.45, 7) is 5.18. The fourth-order valence-corrected chi connectivity index (χ4v) is 3.76. The van der Waals surface area contributed by atoms with Crippen LogP contribution in [0.1, 0.15) is 23.4 Å². The third-order valence-electron chi connectivity index (χ3n) is 4.83. The van der Waals surface area contributed by atoms with Crippen LogP contribution in [-0.2, 0) is 31.1 Å². The third-order valence-corrected chi connectivity index (χ3v) is 5.78. The smallest absolute Gasteiger partial charge is 0.340 e. The number of nitrogens with zero attached hydrogens (tertiary/aromatic N) is 6. The summed E-state index contributed by atoms with van der Waals surface area (Å²) in [5.74, 6) is -0.0689. The monoisotopic (exact) mass is 462 g/mol. The molecule has 0 aromatic carbocycles. The van der Waals surface area contributed by atoms with Gasteiger partial charge < -0.3 is 4.90 Å². The van der Waals surface area contributed by atoms with Crippen LogP contribution in [0.15, 0.2) is 16.9 Å². The Kier molecular flexibility index (Phi) is 6.13. The van der Waals surface area contributed by atoms with Crippen LogP contribution in [0.25, 0.3) is 0 Å². The Hall–Kier alpha value is -1.88. The molecule has 1 aliphatic rings. The van der Waals surface area contributed by atoms with Crippen LogP contribution in [0, 0.1) is 6.92 Å². The molecule has 2 aromatic heterocycles. The SMILES string of the molecule is Cc1c(Br)c(C(F)(F)F)nn1CCC(=O)N1CCN(Cc2cnn(C)c2)CC1. The summed E-state index contributed by atoms with van der Waals surface area (Å²) in [6, 6.07) is 0. The Bertz CT molecular complexity index is 839. The zero-order valence-corrected chi connectivity index (χ0v) is 17.3. The van der Waals surface area contributed by atoms with Gasteiger partial charge in [0, 0.05) is 58.0 Å². The minimum absolute atomic E-state index is 0.0689. The van der Waals surface area contributed by atoms with Gasteiger partial charge in [-0.25, -0.2) is 0 Å². The zero-order chi connectivity index (χ0) is 20.5. The lowest BCUT2D eigenvalue weighted by atomic mass is 10.2. The lowest BCUT2D eigenvalue weighted by molar-refractivity contribution is -0.142. The van der Waals surface area contributed by atoms with E-state index in [-0.39, 0.29) is 23.3 Å². The van der Waals surface area contributed by atoms with Gasteiger partial charge >= 0.3 is 6.18 Å². The maximum absolute atomic E-state index is 12.9. The van der Waals surface area contributed by atoms with E-state index >= 15 is 0 Å². The molecule has 0 radical (unpaired) electrons. The number of rotatable bonds is 5. The fourth-order valence-electron chi connectivity index (χ4n) is 3.25. The summed E-state index contributed by atoms with van der Waals surface area (Å²) in [5, 5.41) is 7.77. The van der Waals surface area contributed by atoms with Gasteiger partial charge in [0.25, 0.3) is 0 Å². The Labute approximate surface area is 169 Å². The summed E-state index contributed by atoms with van der Waals surface area (Å²) in [4.78, 5) is 16.5. The van der Waals surface area contributed by atoms with Crippen molar-refractivity contribution >= 4 is 21.8 Å². The van der Waals surface area contributed by atoms with Gasteiger partial charge in [0.05, 0.1) is 22.9 Å². The predicted molar refractivity (Wildman–Crippen MR) is 99.3 cm³/mol. The molecule has 1 fully saturated rings. The minimum Gasteiger partial charge on any atom is -0.340 e. The van der Waals surface area contributed by atoms with E-state index in [1.165, 1.54) is 4.68 Å². The van der Waals surface area contributed by atoms with Crippen LogP contribution in [-0.4, -0.2) is 61.4 Å². The molecule has 11 heteroatoms. The first-order valence-corrected chi connectivity index (χ1v) is 9.72. The second-order valence-corrected chi connectivity index (χ2v) is 7.69. The number of aryl methyl sites for hydroxylation is 2. The average molecular weight is 463 g/mol. The van der Waals surface area contributed by atoms with Gasteiger partial charge in [-0.2, -0.15) is 23.4 Å². The molecule has 154 valence electrons. The summed E-state index contributed by atoms with van der Waals surface area (Å²) >= 11 is 2.95. The first-order valence-electron chi connectivity index (χ1n) is 8.93. The molecule has 0 spiro atoms. The number of aromatic nitrogens is 4. The van der Waals surface area contributed by atoms with Crippen molar-refractivity contribution < 1.29 is 18.0 Å². The van der Waals surface area contributed by atoms with E-state index in [0.29, 0.717) is 18.8 Å². The Morgan fingerprint density at radius 3 is 2.46 bits per heavy atom. The van der Waals surface area contributed by atoms with Gasteiger partial charge in [0.15, 0.2) is 5.69 Å². The number of halogens is 4. The predicted octanol–water partition coefficient (Wildman–Crippen LogP) is 2.44. The summed E-state index contributed by atoms with van der Waals surface area (Å²) < 4.78 is 41.7. The van der Waals surface area contributed by atoms with E-state index in [2.05, 4.69) is 31.0 Å². The number of hydrogen-bond acceptors (Lipinski definition) is 4. The number of carbonyl (C=O) groups is 1. The second-order valence-electron chi connectivity index (χ2n) is 6.90. The van der Waals surface area contributed by atoms with Crippen molar-refractivity contribution in [3.05, 3.63) is 33.8 Å². The highest BCUT2D eigenvalue weighted by Gasteiger charge is 2.38. The average Bonchev–Trinajstić information content (AvgIpc) is 3.17. The van der Waals surface area contributed by atoms with E-state index < -0.39 is 11.9 Å². The maximum atomic E-state index is 12.9. The van der Waals surface area contributed by atoms with Crippen molar-refractivity contribution in [2.75, 3.05) is 26.2 Å². The van der Waals surface area contributed by atoms with E-state index in [9.17, 15) is 18.0 Å². The van der Waals surface area contributed by atoms with Crippen molar-refractivity contribution in [1.82, 2.24) is 29.4 Å². The summed E-state index contributed by atoms with van der Waals surface area (Å²) in [6.07, 6.45) is -0.604. The number of alkyl halides is 3. The van der Waals surface area contributed by atoms with Crippen molar-refractivity contribution in [1.29, 1.82) is 0 Å². The number of piperazine rings is 1. The quantitative estimate of drug-likeness (QED) is 0.684. The number of hydrogen-bond donors (Lipinski definition) is 0. The highest BCUT2D eigenvalue weighted by molar-refractivity contribution is 9.10. The number of amides is 1. The fraction of sp³-hybridized carbons (Fsp3) is 0.588. The summed E-state index contributed by atoms with van der Waals surface area (Å²) in [5.41, 5.74) is 0.533. The molecule has 0 bridgehead atoms. The minimum atomic E-state index is -4.52. The van der Waals surface area contributed by atoms with E-state index in [1.54, 1.807) is 16.5 Å². The van der Waals surface area contributed by atoms with Crippen LogP contribution < -0.4 is 0 Å². The molecule has 1 amide bonds. The molecule has 3 heterocycles. The molecule has 0 saturated carbocycles. The van der Waals surface area contributed by atoms with Crippen molar-refractivity contribution in [2.24, 2.45) is 7.05 Å². The standard InChI is InChI=1S/C17H22BrF3N6O/c1-12-15(18)16(17(19,20)21)23-27(12)4-3-14(28)26-7-5-25(6-8-26)11-13-9-22-24(2)10-13/h9-10H,3-8,11H2,1-2H3. The molecule has 0 atom stereocenters. The van der Waals surface area contributed by atoms with Gasteiger partial charge in [-0.3, -0.25) is 19.1 Å². The van der Waals surface area contributed by atoms with Crippen molar-refractivity contribution in [2.45, 2.75) is 32.6 Å². The van der Waals surface area contributed by atoms with Gasteiger partial charge in [-0.05, 0) is 22.9 Å². The highest BCUT2D eigenvalue weighted by Crippen LogP contribution is 2.35. The zero-order valence-electron chi connectivity index (χ0n) is 15.7. The highest BCUT2D eigenvalue weighted by atomic mass is 79.9. The van der Waals surface area contributed by atoms with Crippen LogP contribution >= 0.6 is 15.9 Å². The van der Waals surface area contributed by atoms with E-state index in [4.69, 9.17) is 0 Å². The van der Waals surface area contributed by atoms with Crippen molar-refractivity contribution in [3.8, 4) is 0 Å². The maximum Gasteiger partial charge on any atom is 0.436 e. The molecule has 28 heavy (non-hydrogen) atoms. The molecular formula is C17H22BrF3N6O. The molecule has 7 nitrogen and oxygen atoms in total. The van der Waals surface area contributed by atoms with E-state index in [0.717, 1.165) is 25.2 Å². The van der Waals surface area contributed by atoms with Gasteiger partial charge in [-0.15, -0.1) is 0 Å². The molecule has 1 aliphatic heterocycles. The van der Waals surface area contributed by atoms with Gasteiger partial charge in [0.1, 0.15) is 0 Å². The Morgan fingerprint density at radius 2 is 1.93 bits per heavy atom. The molecule has 0 unspecified atom stereocenters. The van der Waals surface area contributed by atoms with Crippen molar-refractivity contribution in [3.63, 3.8) is 0 Å². The lowest BCUT2D eigenvalue weighted by Crippen LogP contribution is -2.48. The molecular weight excluding hydrogens is 441 g/mol. The Morgan fingerprint density at radius 1 is 1.25 bits per heavy atom. The van der Waals surface area contributed by atoms with Gasteiger partial charge in [-0.1, -0.05) is 0 Å².